The van der Waals surface area contributed by atoms with E-state index >= 15 is 0 Å². The predicted octanol–water partition coefficient (Wildman–Crippen LogP) is 4.48. The SMILES string of the molecule is Oc1ccc2c(c1)SC(Br)(c1cnc(N3CCC(CCF)CC3)nc1)N2. The second-order valence-electron chi connectivity index (χ2n) is 6.68. The number of benzene rings is 1. The molecule has 26 heavy (non-hydrogen) atoms. The Morgan fingerprint density at radius 1 is 1.31 bits per heavy atom. The summed E-state index contributed by atoms with van der Waals surface area (Å²) in [6.45, 7) is 1.52. The Balaban J connectivity index is 1.45. The monoisotopic (exact) mass is 438 g/mol. The van der Waals surface area contributed by atoms with Gasteiger partial charge in [0, 0.05) is 35.9 Å². The number of nitrogens with one attached hydrogen (secondary N) is 1. The van der Waals surface area contributed by atoms with Crippen molar-refractivity contribution >= 4 is 39.3 Å². The minimum Gasteiger partial charge on any atom is -0.508 e. The number of anilines is 2. The van der Waals surface area contributed by atoms with Crippen LogP contribution in [0.4, 0.5) is 16.0 Å². The molecule has 2 N–H and O–H groups in total. The minimum absolute atomic E-state index is 0.228. The molecule has 3 heterocycles. The van der Waals surface area contributed by atoms with E-state index in [1.54, 1.807) is 23.9 Å². The van der Waals surface area contributed by atoms with Gasteiger partial charge in [0.1, 0.15) is 5.75 Å². The normalized spacial score (nSPS) is 22.9. The molecule has 0 radical (unpaired) electrons. The van der Waals surface area contributed by atoms with Gasteiger partial charge in [-0.25, -0.2) is 9.97 Å². The molecule has 5 nitrogen and oxygen atoms in total. The molecule has 0 spiro atoms. The number of aromatic hydroxyl groups is 1. The van der Waals surface area contributed by atoms with Gasteiger partial charge in [-0.05, 0) is 59.3 Å². The lowest BCUT2D eigenvalue weighted by molar-refractivity contribution is 0.331. The van der Waals surface area contributed by atoms with E-state index in [-0.39, 0.29) is 12.4 Å². The summed E-state index contributed by atoms with van der Waals surface area (Å²) in [5.41, 5.74) is 1.87. The fourth-order valence-electron chi connectivity index (χ4n) is 3.41. The van der Waals surface area contributed by atoms with Gasteiger partial charge in [-0.3, -0.25) is 4.39 Å². The number of rotatable bonds is 4. The zero-order chi connectivity index (χ0) is 18.1. The van der Waals surface area contributed by atoms with Crippen LogP contribution in [0.5, 0.6) is 5.75 Å². The number of halogens is 2. The van der Waals surface area contributed by atoms with Gasteiger partial charge in [-0.2, -0.15) is 0 Å². The maximum Gasteiger partial charge on any atom is 0.225 e. The fraction of sp³-hybridized carbons (Fsp3) is 0.444. The van der Waals surface area contributed by atoms with Crippen LogP contribution in [0.15, 0.2) is 35.5 Å². The van der Waals surface area contributed by atoms with Crippen LogP contribution in [-0.4, -0.2) is 34.8 Å². The second-order valence-corrected chi connectivity index (χ2v) is 9.65. The Labute approximate surface area is 164 Å². The van der Waals surface area contributed by atoms with Gasteiger partial charge < -0.3 is 15.3 Å². The summed E-state index contributed by atoms with van der Waals surface area (Å²) in [5, 5.41) is 13.1. The summed E-state index contributed by atoms with van der Waals surface area (Å²) in [7, 11) is 0. The molecule has 1 unspecified atom stereocenters. The summed E-state index contributed by atoms with van der Waals surface area (Å²) in [6.07, 6.45) is 6.31. The number of phenols is 1. The van der Waals surface area contributed by atoms with Crippen LogP contribution in [0.25, 0.3) is 0 Å². The molecule has 1 saturated heterocycles. The van der Waals surface area contributed by atoms with Crippen LogP contribution < -0.4 is 10.2 Å². The van der Waals surface area contributed by atoms with Gasteiger partial charge >= 0.3 is 0 Å². The van der Waals surface area contributed by atoms with Gasteiger partial charge in [0.05, 0.1) is 12.4 Å². The number of piperidine rings is 1. The fourth-order valence-corrected chi connectivity index (χ4v) is 5.44. The third kappa shape index (κ3) is 3.49. The maximum absolute atomic E-state index is 12.5. The zero-order valence-electron chi connectivity index (χ0n) is 14.2. The highest BCUT2D eigenvalue weighted by Crippen LogP contribution is 2.55. The first-order valence-corrected chi connectivity index (χ1v) is 10.3. The highest BCUT2D eigenvalue weighted by molar-refractivity contribution is 9.11. The van der Waals surface area contributed by atoms with E-state index in [0.717, 1.165) is 48.0 Å². The first kappa shape index (κ1) is 17.9. The van der Waals surface area contributed by atoms with Crippen molar-refractivity contribution < 1.29 is 9.50 Å². The number of thioether (sulfide) groups is 1. The van der Waals surface area contributed by atoms with E-state index in [0.29, 0.717) is 12.3 Å². The van der Waals surface area contributed by atoms with Crippen LogP contribution in [0, 0.1) is 5.92 Å². The molecule has 2 aliphatic rings. The number of aromatic nitrogens is 2. The van der Waals surface area contributed by atoms with Crippen molar-refractivity contribution in [3.05, 3.63) is 36.2 Å². The van der Waals surface area contributed by atoms with Gasteiger partial charge in [-0.15, -0.1) is 0 Å². The number of phenolic OH excluding ortho intramolecular Hbond substituents is 1. The molecule has 138 valence electrons. The summed E-state index contributed by atoms with van der Waals surface area (Å²) in [4.78, 5) is 12.2. The first-order chi connectivity index (χ1) is 12.6. The number of fused-ring (bicyclic) bond motifs is 1. The number of hydrogen-bond acceptors (Lipinski definition) is 6. The molecule has 1 aromatic carbocycles. The molecule has 2 aliphatic heterocycles. The number of alkyl halides is 2. The van der Waals surface area contributed by atoms with Crippen LogP contribution in [0.3, 0.4) is 0 Å². The highest BCUT2D eigenvalue weighted by Gasteiger charge is 2.38. The standard InChI is InChI=1S/C18H20BrFN4OS/c19-18(23-15-2-1-14(25)9-16(15)26-18)13-10-21-17(22-11-13)24-7-4-12(3-6-20)5-8-24/h1-2,9-12,23,25H,3-8H2. The van der Waals surface area contributed by atoms with Gasteiger partial charge in [-0.1, -0.05) is 11.8 Å². The molecule has 1 aromatic heterocycles. The van der Waals surface area contributed by atoms with Gasteiger partial charge in [0.2, 0.25) is 5.95 Å². The van der Waals surface area contributed by atoms with E-state index in [9.17, 15) is 9.50 Å². The zero-order valence-corrected chi connectivity index (χ0v) is 16.6. The molecular formula is C18H20BrFN4OS. The molecule has 2 aromatic rings. The molecule has 1 atom stereocenters. The van der Waals surface area contributed by atoms with Crippen LogP contribution >= 0.6 is 27.7 Å². The molecule has 0 amide bonds. The summed E-state index contributed by atoms with van der Waals surface area (Å²) < 4.78 is 11.9. The molecule has 1 fully saturated rings. The van der Waals surface area contributed by atoms with E-state index in [4.69, 9.17) is 0 Å². The van der Waals surface area contributed by atoms with E-state index < -0.39 is 3.78 Å². The summed E-state index contributed by atoms with van der Waals surface area (Å²) in [5.74, 6) is 1.45. The van der Waals surface area contributed by atoms with E-state index in [1.807, 2.05) is 18.5 Å². The Kier molecular flexibility index (Phi) is 4.96. The average molecular weight is 439 g/mol. The Bertz CT molecular complexity index is 785. The third-order valence-electron chi connectivity index (χ3n) is 4.94. The van der Waals surface area contributed by atoms with Crippen LogP contribution in [-0.2, 0) is 3.78 Å². The smallest absolute Gasteiger partial charge is 0.225 e. The molecule has 0 saturated carbocycles. The van der Waals surface area contributed by atoms with Crippen molar-refractivity contribution in [2.24, 2.45) is 5.92 Å². The van der Waals surface area contributed by atoms with Crippen LogP contribution in [0.2, 0.25) is 0 Å². The van der Waals surface area contributed by atoms with Crippen LogP contribution in [0.1, 0.15) is 24.8 Å². The highest BCUT2D eigenvalue weighted by atomic mass is 79.9. The van der Waals surface area contributed by atoms with Crippen molar-refractivity contribution in [2.45, 2.75) is 27.9 Å². The van der Waals surface area contributed by atoms with Gasteiger partial charge in [0.15, 0.2) is 3.78 Å². The Hall–Kier alpha value is -1.54. The topological polar surface area (TPSA) is 61.3 Å². The van der Waals surface area contributed by atoms with Crippen molar-refractivity contribution in [1.29, 1.82) is 0 Å². The Morgan fingerprint density at radius 3 is 2.73 bits per heavy atom. The summed E-state index contributed by atoms with van der Waals surface area (Å²) in [6, 6.07) is 5.27. The minimum atomic E-state index is -0.546. The predicted molar refractivity (Wildman–Crippen MR) is 106 cm³/mol. The Morgan fingerprint density at radius 2 is 2.04 bits per heavy atom. The molecular weight excluding hydrogens is 419 g/mol. The molecule has 8 heteroatoms. The molecule has 0 bridgehead atoms. The van der Waals surface area contributed by atoms with E-state index in [1.165, 1.54) is 0 Å². The summed E-state index contributed by atoms with van der Waals surface area (Å²) >= 11 is 5.32. The van der Waals surface area contributed by atoms with Crippen molar-refractivity contribution in [3.63, 3.8) is 0 Å². The van der Waals surface area contributed by atoms with Gasteiger partial charge in [0.25, 0.3) is 0 Å². The number of hydrogen-bond donors (Lipinski definition) is 2. The largest absolute Gasteiger partial charge is 0.508 e. The van der Waals surface area contributed by atoms with Crippen molar-refractivity contribution in [2.75, 3.05) is 30.0 Å². The quantitative estimate of drug-likeness (QED) is 0.416. The van der Waals surface area contributed by atoms with Crippen molar-refractivity contribution in [3.8, 4) is 5.75 Å². The molecule has 0 aliphatic carbocycles. The number of nitrogens with zero attached hydrogens (tertiary/aromatic N) is 3. The lowest BCUT2D eigenvalue weighted by atomic mass is 9.94. The average Bonchev–Trinajstić information content (AvgIpc) is 2.99. The lowest BCUT2D eigenvalue weighted by Gasteiger charge is -2.32. The maximum atomic E-state index is 12.5. The third-order valence-corrected chi connectivity index (χ3v) is 7.25. The van der Waals surface area contributed by atoms with E-state index in [2.05, 4.69) is 36.1 Å². The lowest BCUT2D eigenvalue weighted by Crippen LogP contribution is -2.35. The first-order valence-electron chi connectivity index (χ1n) is 8.70. The van der Waals surface area contributed by atoms with Crippen molar-refractivity contribution in [1.82, 2.24) is 9.97 Å². The second kappa shape index (κ2) is 7.23. The molecule has 4 rings (SSSR count).